The first kappa shape index (κ1) is 20.8. The van der Waals surface area contributed by atoms with Crippen LogP contribution in [0.5, 0.6) is 0 Å². The number of piperidine rings is 1. The normalized spacial score (nSPS) is 21.2. The maximum absolute atomic E-state index is 13.5. The molecule has 2 aliphatic rings. The van der Waals surface area contributed by atoms with E-state index in [1.807, 2.05) is 6.07 Å². The number of nitrogens with one attached hydrogen (secondary N) is 1. The number of amides is 1. The lowest BCUT2D eigenvalue weighted by atomic mass is 9.88. The minimum Gasteiger partial charge on any atom is -0.348 e. The van der Waals surface area contributed by atoms with E-state index in [1.165, 1.54) is 23.3 Å². The van der Waals surface area contributed by atoms with E-state index in [9.17, 15) is 9.18 Å². The Kier molecular flexibility index (Phi) is 5.99. The molecular weight excluding hydrogens is 407 g/mol. The highest BCUT2D eigenvalue weighted by molar-refractivity contribution is 5.78. The van der Waals surface area contributed by atoms with Crippen molar-refractivity contribution in [2.75, 3.05) is 19.6 Å². The van der Waals surface area contributed by atoms with Crippen LogP contribution in [0.3, 0.4) is 0 Å². The summed E-state index contributed by atoms with van der Waals surface area (Å²) in [6, 6.07) is 14.7. The minimum absolute atomic E-state index is 0.0540. The van der Waals surface area contributed by atoms with Crippen molar-refractivity contribution in [3.63, 3.8) is 0 Å². The smallest absolute Gasteiger partial charge is 0.234 e. The van der Waals surface area contributed by atoms with Gasteiger partial charge in [0.05, 0.1) is 18.5 Å². The Morgan fingerprint density at radius 2 is 2.06 bits per heavy atom. The Morgan fingerprint density at radius 3 is 2.97 bits per heavy atom. The Labute approximate surface area is 186 Å². The first-order valence-electron chi connectivity index (χ1n) is 11.3. The molecule has 0 radical (unpaired) electrons. The fraction of sp³-hybridized carbons (Fsp3) is 0.400. The third kappa shape index (κ3) is 4.58. The largest absolute Gasteiger partial charge is 0.348 e. The zero-order valence-corrected chi connectivity index (χ0v) is 18.0. The van der Waals surface area contributed by atoms with Crippen molar-refractivity contribution in [1.82, 2.24) is 20.4 Å². The first-order valence-corrected chi connectivity index (χ1v) is 11.3. The number of nitrogens with zero attached hydrogens (tertiary/aromatic N) is 3. The Hall–Kier alpha value is -3.06. The summed E-state index contributed by atoms with van der Waals surface area (Å²) < 4.78 is 19.0. The fourth-order valence-electron chi connectivity index (χ4n) is 4.89. The van der Waals surface area contributed by atoms with Gasteiger partial charge >= 0.3 is 0 Å². The molecule has 1 amide bonds. The number of fused-ring (bicyclic) bond motifs is 1. The van der Waals surface area contributed by atoms with Gasteiger partial charge in [0.15, 0.2) is 0 Å². The average molecular weight is 435 g/mol. The van der Waals surface area contributed by atoms with Crippen LogP contribution in [0.1, 0.15) is 54.7 Å². The van der Waals surface area contributed by atoms with Crippen molar-refractivity contribution in [2.24, 2.45) is 0 Å². The molecule has 1 N–H and O–H groups in total. The lowest BCUT2D eigenvalue weighted by molar-refractivity contribution is -0.123. The van der Waals surface area contributed by atoms with Crippen molar-refractivity contribution < 1.29 is 13.7 Å². The van der Waals surface area contributed by atoms with Crippen LogP contribution in [-0.4, -0.2) is 40.6 Å². The average Bonchev–Trinajstić information content (AvgIpc) is 3.30. The van der Waals surface area contributed by atoms with Gasteiger partial charge in [-0.15, -0.1) is 0 Å². The number of rotatable bonds is 5. The number of likely N-dealkylation sites (tertiary alicyclic amines) is 1. The molecule has 1 aliphatic carbocycles. The molecule has 1 fully saturated rings. The number of hydrogen-bond donors (Lipinski definition) is 1. The minimum atomic E-state index is -0.329. The second kappa shape index (κ2) is 9.20. The number of aromatic nitrogens is 2. The Balaban J connectivity index is 1.20. The molecule has 0 saturated carbocycles. The summed E-state index contributed by atoms with van der Waals surface area (Å²) in [6.07, 6.45) is 5.05. The van der Waals surface area contributed by atoms with Gasteiger partial charge in [0.2, 0.25) is 17.6 Å². The van der Waals surface area contributed by atoms with Crippen molar-refractivity contribution >= 4 is 5.91 Å². The maximum atomic E-state index is 13.5. The molecule has 32 heavy (non-hydrogen) atoms. The van der Waals surface area contributed by atoms with Crippen molar-refractivity contribution in [2.45, 2.75) is 44.1 Å². The molecule has 3 aromatic rings. The zero-order chi connectivity index (χ0) is 21.9. The SMILES string of the molecule is O=C(CN1CCCC(c2nc(-c3cccc(F)c3)no2)C1)NC1CCCc2ccccc21. The highest BCUT2D eigenvalue weighted by Crippen LogP contribution is 2.30. The zero-order valence-electron chi connectivity index (χ0n) is 18.0. The van der Waals surface area contributed by atoms with E-state index in [4.69, 9.17) is 4.52 Å². The lowest BCUT2D eigenvalue weighted by Crippen LogP contribution is -2.43. The quantitative estimate of drug-likeness (QED) is 0.650. The van der Waals surface area contributed by atoms with Crippen molar-refractivity contribution in [1.29, 1.82) is 0 Å². The van der Waals surface area contributed by atoms with Crippen LogP contribution in [0.2, 0.25) is 0 Å². The van der Waals surface area contributed by atoms with Gasteiger partial charge in [-0.1, -0.05) is 41.6 Å². The second-order valence-electron chi connectivity index (χ2n) is 8.75. The summed E-state index contributed by atoms with van der Waals surface area (Å²) in [7, 11) is 0. The number of carbonyl (C=O) groups excluding carboxylic acids is 1. The maximum Gasteiger partial charge on any atom is 0.234 e. The summed E-state index contributed by atoms with van der Waals surface area (Å²) in [5.41, 5.74) is 3.19. The van der Waals surface area contributed by atoms with Gasteiger partial charge in [-0.3, -0.25) is 9.69 Å². The van der Waals surface area contributed by atoms with Crippen LogP contribution in [0, 0.1) is 5.82 Å². The van der Waals surface area contributed by atoms with E-state index >= 15 is 0 Å². The predicted molar refractivity (Wildman–Crippen MR) is 118 cm³/mol. The number of halogens is 1. The molecule has 2 atom stereocenters. The third-order valence-electron chi connectivity index (χ3n) is 6.45. The van der Waals surface area contributed by atoms with Gasteiger partial charge in [-0.2, -0.15) is 4.98 Å². The standard InChI is InChI=1S/C25H27FN4O2/c26-20-10-3-8-18(14-20)24-28-25(32-29-24)19-9-5-13-30(15-19)16-23(31)27-22-12-4-7-17-6-1-2-11-21(17)22/h1-3,6,8,10-11,14,19,22H,4-5,7,9,12-13,15-16H2,(H,27,31). The molecule has 2 heterocycles. The molecule has 2 unspecified atom stereocenters. The molecule has 1 aliphatic heterocycles. The van der Waals surface area contributed by atoms with E-state index in [0.29, 0.717) is 30.4 Å². The molecular formula is C25H27FN4O2. The van der Waals surface area contributed by atoms with E-state index in [0.717, 1.165) is 38.6 Å². The predicted octanol–water partition coefficient (Wildman–Crippen LogP) is 4.25. The summed E-state index contributed by atoms with van der Waals surface area (Å²) >= 11 is 0. The lowest BCUT2D eigenvalue weighted by Gasteiger charge is -2.32. The molecule has 1 saturated heterocycles. The molecule has 6 nitrogen and oxygen atoms in total. The van der Waals surface area contributed by atoms with E-state index in [-0.39, 0.29) is 23.7 Å². The Morgan fingerprint density at radius 1 is 1.16 bits per heavy atom. The van der Waals surface area contributed by atoms with Gasteiger partial charge in [0, 0.05) is 12.1 Å². The van der Waals surface area contributed by atoms with Crippen LogP contribution in [0.25, 0.3) is 11.4 Å². The monoisotopic (exact) mass is 434 g/mol. The first-order chi connectivity index (χ1) is 15.7. The van der Waals surface area contributed by atoms with E-state index < -0.39 is 0 Å². The van der Waals surface area contributed by atoms with E-state index in [2.05, 4.69) is 38.6 Å². The van der Waals surface area contributed by atoms with Gasteiger partial charge in [0.1, 0.15) is 5.82 Å². The number of carbonyl (C=O) groups is 1. The van der Waals surface area contributed by atoms with Crippen molar-refractivity contribution in [3.8, 4) is 11.4 Å². The number of aryl methyl sites for hydroxylation is 1. The van der Waals surface area contributed by atoms with Gasteiger partial charge in [0.25, 0.3) is 0 Å². The Bertz CT molecular complexity index is 1100. The molecule has 2 aromatic carbocycles. The topological polar surface area (TPSA) is 71.3 Å². The van der Waals surface area contributed by atoms with Gasteiger partial charge in [-0.05, 0) is 61.9 Å². The van der Waals surface area contributed by atoms with Crippen molar-refractivity contribution in [3.05, 3.63) is 71.4 Å². The van der Waals surface area contributed by atoms with Crippen LogP contribution >= 0.6 is 0 Å². The van der Waals surface area contributed by atoms with Gasteiger partial charge < -0.3 is 9.84 Å². The molecule has 7 heteroatoms. The second-order valence-corrected chi connectivity index (χ2v) is 8.75. The summed E-state index contributed by atoms with van der Waals surface area (Å²) in [6.45, 7) is 1.93. The number of hydrogen-bond acceptors (Lipinski definition) is 5. The number of benzene rings is 2. The molecule has 1 aromatic heterocycles. The highest BCUT2D eigenvalue weighted by atomic mass is 19.1. The van der Waals surface area contributed by atoms with E-state index in [1.54, 1.807) is 12.1 Å². The summed E-state index contributed by atoms with van der Waals surface area (Å²) in [5.74, 6) is 0.741. The molecule has 166 valence electrons. The van der Waals surface area contributed by atoms with Gasteiger partial charge in [-0.25, -0.2) is 4.39 Å². The van der Waals surface area contributed by atoms with Crippen LogP contribution in [-0.2, 0) is 11.2 Å². The van der Waals surface area contributed by atoms with Crippen LogP contribution < -0.4 is 5.32 Å². The summed E-state index contributed by atoms with van der Waals surface area (Å²) in [4.78, 5) is 19.5. The summed E-state index contributed by atoms with van der Waals surface area (Å²) in [5, 5.41) is 7.28. The fourth-order valence-corrected chi connectivity index (χ4v) is 4.89. The highest BCUT2D eigenvalue weighted by Gasteiger charge is 2.28. The molecule has 5 rings (SSSR count). The third-order valence-corrected chi connectivity index (χ3v) is 6.45. The molecule has 0 spiro atoms. The molecule has 0 bridgehead atoms. The van der Waals surface area contributed by atoms with Crippen LogP contribution in [0.4, 0.5) is 4.39 Å². The van der Waals surface area contributed by atoms with Crippen LogP contribution in [0.15, 0.2) is 53.1 Å².